The summed E-state index contributed by atoms with van der Waals surface area (Å²) in [6, 6.07) is 0.883. The molecule has 98 valence electrons. The lowest BCUT2D eigenvalue weighted by atomic mass is 10.5. The molecule has 0 rings (SSSR count). The zero-order chi connectivity index (χ0) is 12.4. The Bertz CT molecular complexity index is 161. The quantitative estimate of drug-likeness (QED) is 0.475. The van der Waals surface area contributed by atoms with Gasteiger partial charge in [-0.15, -0.1) is 0 Å². The predicted octanol–water partition coefficient (Wildman–Crippen LogP) is 2.03. The highest BCUT2D eigenvalue weighted by atomic mass is 28.4. The first-order valence-corrected chi connectivity index (χ1v) is 8.13. The van der Waals surface area contributed by atoms with Gasteiger partial charge in [0.15, 0.2) is 0 Å². The van der Waals surface area contributed by atoms with Crippen LogP contribution in [0.1, 0.15) is 34.1 Å². The van der Waals surface area contributed by atoms with Crippen LogP contribution >= 0.6 is 0 Å². The van der Waals surface area contributed by atoms with Gasteiger partial charge < -0.3 is 18.6 Å². The van der Waals surface area contributed by atoms with Crippen molar-refractivity contribution in [3.63, 3.8) is 0 Å². The first-order chi connectivity index (χ1) is 7.60. The van der Waals surface area contributed by atoms with Crippen molar-refractivity contribution in [2.75, 3.05) is 26.8 Å². The summed E-state index contributed by atoms with van der Waals surface area (Å²) < 4.78 is 17.5. The highest BCUT2D eigenvalue weighted by Crippen LogP contribution is 2.19. The van der Waals surface area contributed by atoms with Gasteiger partial charge >= 0.3 is 8.80 Å². The average molecular weight is 249 g/mol. The highest BCUT2D eigenvalue weighted by molar-refractivity contribution is 6.60. The molecular weight excluding hydrogens is 222 g/mol. The van der Waals surface area contributed by atoms with Crippen LogP contribution in [0.25, 0.3) is 0 Å². The predicted molar refractivity (Wildman–Crippen MR) is 68.6 cm³/mol. The maximum Gasteiger partial charge on any atom is 0.501 e. The van der Waals surface area contributed by atoms with Crippen molar-refractivity contribution in [3.8, 4) is 0 Å². The van der Waals surface area contributed by atoms with Gasteiger partial charge in [-0.25, -0.2) is 0 Å². The minimum Gasteiger partial charge on any atom is -0.374 e. The molecule has 0 amide bonds. The number of nitrogens with one attached hydrogen (secondary N) is 1. The zero-order valence-corrected chi connectivity index (χ0v) is 12.3. The number of hydrogen-bond donors (Lipinski definition) is 1. The second-order valence-electron chi connectivity index (χ2n) is 3.92. The molecule has 0 saturated heterocycles. The van der Waals surface area contributed by atoms with E-state index in [2.05, 4.69) is 5.32 Å². The molecule has 0 bridgehead atoms. The molecule has 5 heteroatoms. The molecule has 0 aliphatic carbocycles. The van der Waals surface area contributed by atoms with Gasteiger partial charge in [0.1, 0.15) is 0 Å². The lowest BCUT2D eigenvalue weighted by molar-refractivity contribution is 0.0439. The molecule has 0 spiro atoms. The SMILES string of the molecule is CCO[Si](CCCNC)(OCC)OC(C)C. The molecule has 0 radical (unpaired) electrons. The third kappa shape index (κ3) is 6.60. The summed E-state index contributed by atoms with van der Waals surface area (Å²) in [7, 11) is -0.484. The Balaban J connectivity index is 4.37. The van der Waals surface area contributed by atoms with Crippen LogP contribution in [0.3, 0.4) is 0 Å². The summed E-state index contributed by atoms with van der Waals surface area (Å²) in [5.74, 6) is 0. The first kappa shape index (κ1) is 16.1. The smallest absolute Gasteiger partial charge is 0.374 e. The molecule has 0 aliphatic rings. The van der Waals surface area contributed by atoms with Gasteiger partial charge in [0.25, 0.3) is 0 Å². The lowest BCUT2D eigenvalue weighted by Crippen LogP contribution is -2.48. The van der Waals surface area contributed by atoms with E-state index in [0.717, 1.165) is 19.0 Å². The molecule has 0 atom stereocenters. The van der Waals surface area contributed by atoms with Crippen molar-refractivity contribution in [2.45, 2.75) is 46.3 Å². The van der Waals surface area contributed by atoms with Gasteiger partial charge in [-0.05, 0) is 47.7 Å². The fraction of sp³-hybridized carbons (Fsp3) is 1.00. The standard InChI is InChI=1S/C11H27NO3Si/c1-6-13-16(14-7-2,15-11(3)4)10-8-9-12-5/h11-12H,6-10H2,1-5H3. The molecule has 0 heterocycles. The van der Waals surface area contributed by atoms with Gasteiger partial charge in [0.05, 0.1) is 0 Å². The van der Waals surface area contributed by atoms with Crippen LogP contribution in [0.15, 0.2) is 0 Å². The van der Waals surface area contributed by atoms with E-state index in [-0.39, 0.29) is 6.10 Å². The first-order valence-electron chi connectivity index (χ1n) is 6.20. The van der Waals surface area contributed by atoms with Crippen LogP contribution in [0.4, 0.5) is 0 Å². The summed E-state index contributed by atoms with van der Waals surface area (Å²) in [6.45, 7) is 10.3. The molecule has 0 aliphatic heterocycles. The number of rotatable bonds is 10. The fourth-order valence-corrected chi connectivity index (χ4v) is 4.43. The minimum absolute atomic E-state index is 0.152. The van der Waals surface area contributed by atoms with Crippen LogP contribution in [0, 0.1) is 0 Å². The van der Waals surface area contributed by atoms with Crippen molar-refractivity contribution < 1.29 is 13.3 Å². The molecule has 4 nitrogen and oxygen atoms in total. The van der Waals surface area contributed by atoms with E-state index < -0.39 is 8.80 Å². The van der Waals surface area contributed by atoms with E-state index in [1.54, 1.807) is 0 Å². The molecule has 0 unspecified atom stereocenters. The molecule has 16 heavy (non-hydrogen) atoms. The second-order valence-corrected chi connectivity index (χ2v) is 6.60. The summed E-state index contributed by atoms with van der Waals surface area (Å²) >= 11 is 0. The molecule has 0 aromatic rings. The van der Waals surface area contributed by atoms with Gasteiger partial charge in [-0.3, -0.25) is 0 Å². The topological polar surface area (TPSA) is 39.7 Å². The van der Waals surface area contributed by atoms with E-state index in [4.69, 9.17) is 13.3 Å². The largest absolute Gasteiger partial charge is 0.501 e. The molecule has 0 aromatic carbocycles. The summed E-state index contributed by atoms with van der Waals surface area (Å²) in [6.07, 6.45) is 1.18. The number of hydrogen-bond acceptors (Lipinski definition) is 4. The highest BCUT2D eigenvalue weighted by Gasteiger charge is 2.40. The maximum absolute atomic E-state index is 5.93. The Kier molecular flexibility index (Phi) is 9.16. The zero-order valence-electron chi connectivity index (χ0n) is 11.3. The molecule has 0 saturated carbocycles. The van der Waals surface area contributed by atoms with Crippen LogP contribution in [0.2, 0.25) is 6.04 Å². The Morgan fingerprint density at radius 3 is 2.06 bits per heavy atom. The minimum atomic E-state index is -2.44. The van der Waals surface area contributed by atoms with Crippen LogP contribution in [0.5, 0.6) is 0 Å². The van der Waals surface area contributed by atoms with Gasteiger partial charge in [0, 0.05) is 25.4 Å². The van der Waals surface area contributed by atoms with E-state index in [9.17, 15) is 0 Å². The van der Waals surface area contributed by atoms with E-state index in [1.807, 2.05) is 34.7 Å². The molecule has 0 fully saturated rings. The lowest BCUT2D eigenvalue weighted by Gasteiger charge is -2.30. The average Bonchev–Trinajstić information content (AvgIpc) is 2.17. The van der Waals surface area contributed by atoms with Gasteiger partial charge in [-0.2, -0.15) is 0 Å². The van der Waals surface area contributed by atoms with Gasteiger partial charge in [0.2, 0.25) is 0 Å². The van der Waals surface area contributed by atoms with Crippen molar-refractivity contribution in [2.24, 2.45) is 0 Å². The van der Waals surface area contributed by atoms with Crippen LogP contribution in [-0.4, -0.2) is 41.7 Å². The summed E-state index contributed by atoms with van der Waals surface area (Å²) in [5.41, 5.74) is 0. The second kappa shape index (κ2) is 9.12. The van der Waals surface area contributed by atoms with E-state index in [1.165, 1.54) is 0 Å². The Hall–Kier alpha value is 0.0569. The van der Waals surface area contributed by atoms with E-state index >= 15 is 0 Å². The fourth-order valence-electron chi connectivity index (χ4n) is 1.59. The van der Waals surface area contributed by atoms with Crippen LogP contribution < -0.4 is 5.32 Å². The Morgan fingerprint density at radius 2 is 1.69 bits per heavy atom. The molecular formula is C11H27NO3Si. The van der Waals surface area contributed by atoms with Crippen molar-refractivity contribution >= 4 is 8.80 Å². The monoisotopic (exact) mass is 249 g/mol. The third-order valence-electron chi connectivity index (χ3n) is 2.05. The van der Waals surface area contributed by atoms with E-state index in [0.29, 0.717) is 13.2 Å². The Labute approximate surface area is 101 Å². The summed E-state index contributed by atoms with van der Waals surface area (Å²) in [4.78, 5) is 0. The third-order valence-corrected chi connectivity index (χ3v) is 5.31. The normalized spacial score (nSPS) is 12.4. The maximum atomic E-state index is 5.93. The summed E-state index contributed by atoms with van der Waals surface area (Å²) in [5, 5.41) is 3.13. The van der Waals surface area contributed by atoms with Crippen molar-refractivity contribution in [1.82, 2.24) is 5.32 Å². The van der Waals surface area contributed by atoms with Gasteiger partial charge in [-0.1, -0.05) is 0 Å². The van der Waals surface area contributed by atoms with Crippen molar-refractivity contribution in [1.29, 1.82) is 0 Å². The Morgan fingerprint density at radius 1 is 1.12 bits per heavy atom. The van der Waals surface area contributed by atoms with Crippen LogP contribution in [-0.2, 0) is 13.3 Å². The molecule has 1 N–H and O–H groups in total. The van der Waals surface area contributed by atoms with Crippen molar-refractivity contribution in [3.05, 3.63) is 0 Å². The molecule has 0 aromatic heterocycles.